The van der Waals surface area contributed by atoms with E-state index < -0.39 is 21.5 Å². The molecule has 1 saturated heterocycles. The number of rotatable bonds is 5. The van der Waals surface area contributed by atoms with Crippen molar-refractivity contribution < 1.29 is 18.0 Å². The minimum Gasteiger partial charge on any atom is -0.326 e. The van der Waals surface area contributed by atoms with Gasteiger partial charge in [-0.25, -0.2) is 13.1 Å². The third-order valence-electron chi connectivity index (χ3n) is 4.44. The van der Waals surface area contributed by atoms with Crippen LogP contribution in [0.4, 0.5) is 11.4 Å². The molecule has 0 aliphatic carbocycles. The summed E-state index contributed by atoms with van der Waals surface area (Å²) in [6.45, 7) is 5.61. The Balaban J connectivity index is 1.65. The van der Waals surface area contributed by atoms with Crippen molar-refractivity contribution in [3.05, 3.63) is 54.6 Å². The van der Waals surface area contributed by atoms with Crippen LogP contribution >= 0.6 is 0 Å². The Labute approximate surface area is 171 Å². The van der Waals surface area contributed by atoms with Crippen LogP contribution in [0.25, 0.3) is 0 Å². The first-order valence-corrected chi connectivity index (χ1v) is 10.8. The number of hydrogen-bond acceptors (Lipinski definition) is 4. The van der Waals surface area contributed by atoms with E-state index >= 15 is 0 Å². The Morgan fingerprint density at radius 3 is 2.24 bits per heavy atom. The van der Waals surface area contributed by atoms with Crippen LogP contribution in [-0.2, 0) is 19.6 Å². The maximum Gasteiger partial charge on any atom is 0.241 e. The highest BCUT2D eigenvalue weighted by Crippen LogP contribution is 2.26. The van der Waals surface area contributed by atoms with Gasteiger partial charge in [0.15, 0.2) is 0 Å². The molecule has 2 aromatic carbocycles. The highest BCUT2D eigenvalue weighted by atomic mass is 32.2. The fraction of sp³-hybridized carbons (Fsp3) is 0.333. The molecule has 1 unspecified atom stereocenters. The molecule has 29 heavy (non-hydrogen) atoms. The number of sulfonamides is 1. The van der Waals surface area contributed by atoms with E-state index in [0.717, 1.165) is 5.69 Å². The first-order chi connectivity index (χ1) is 13.5. The molecular weight excluding hydrogens is 390 g/mol. The molecule has 8 heteroatoms. The summed E-state index contributed by atoms with van der Waals surface area (Å²) in [5, 5.41) is 2.77. The average Bonchev–Trinajstić information content (AvgIpc) is 3.03. The van der Waals surface area contributed by atoms with Gasteiger partial charge < -0.3 is 10.2 Å². The summed E-state index contributed by atoms with van der Waals surface area (Å²) in [6.07, 6.45) is 0.142. The van der Waals surface area contributed by atoms with E-state index in [1.807, 2.05) is 30.3 Å². The Kier molecular flexibility index (Phi) is 5.77. The molecule has 1 heterocycles. The topological polar surface area (TPSA) is 95.6 Å². The molecule has 7 nitrogen and oxygen atoms in total. The van der Waals surface area contributed by atoms with Crippen LogP contribution in [0, 0.1) is 5.92 Å². The number of para-hydroxylation sites is 1. The first kappa shape index (κ1) is 21.0. The van der Waals surface area contributed by atoms with Gasteiger partial charge in [0.2, 0.25) is 21.8 Å². The molecule has 1 aliphatic rings. The molecule has 3 rings (SSSR count). The van der Waals surface area contributed by atoms with E-state index in [1.165, 1.54) is 12.1 Å². The summed E-state index contributed by atoms with van der Waals surface area (Å²) >= 11 is 0. The zero-order valence-corrected chi connectivity index (χ0v) is 17.5. The zero-order chi connectivity index (χ0) is 21.2. The zero-order valence-electron chi connectivity index (χ0n) is 16.7. The van der Waals surface area contributed by atoms with Crippen molar-refractivity contribution in [1.29, 1.82) is 0 Å². The van der Waals surface area contributed by atoms with Crippen LogP contribution < -0.4 is 14.9 Å². The van der Waals surface area contributed by atoms with Gasteiger partial charge in [-0.1, -0.05) is 18.2 Å². The van der Waals surface area contributed by atoms with Gasteiger partial charge in [0.05, 0.1) is 10.8 Å². The van der Waals surface area contributed by atoms with Gasteiger partial charge in [-0.15, -0.1) is 0 Å². The van der Waals surface area contributed by atoms with Gasteiger partial charge in [-0.3, -0.25) is 9.59 Å². The van der Waals surface area contributed by atoms with Crippen LogP contribution in [0.2, 0.25) is 0 Å². The minimum atomic E-state index is -3.64. The molecule has 1 atom stereocenters. The largest absolute Gasteiger partial charge is 0.326 e. The second-order valence-electron chi connectivity index (χ2n) is 8.11. The number of anilines is 2. The summed E-state index contributed by atoms with van der Waals surface area (Å²) in [5.41, 5.74) is 0.662. The lowest BCUT2D eigenvalue weighted by Gasteiger charge is -2.20. The average molecular weight is 416 g/mol. The fourth-order valence-corrected chi connectivity index (χ4v) is 4.58. The first-order valence-electron chi connectivity index (χ1n) is 9.35. The lowest BCUT2D eigenvalue weighted by Crippen LogP contribution is -2.40. The summed E-state index contributed by atoms with van der Waals surface area (Å²) in [5.74, 6) is -0.820. The second kappa shape index (κ2) is 7.96. The fourth-order valence-electron chi connectivity index (χ4n) is 3.16. The second-order valence-corrected chi connectivity index (χ2v) is 9.79. The predicted molar refractivity (Wildman–Crippen MR) is 112 cm³/mol. The molecule has 0 spiro atoms. The molecule has 2 aromatic rings. The van der Waals surface area contributed by atoms with Gasteiger partial charge in [0, 0.05) is 29.9 Å². The molecule has 0 saturated carbocycles. The summed E-state index contributed by atoms with van der Waals surface area (Å²) in [6, 6.07) is 15.2. The molecule has 0 radical (unpaired) electrons. The Morgan fingerprint density at radius 2 is 1.66 bits per heavy atom. The highest BCUT2D eigenvalue weighted by Gasteiger charge is 2.35. The molecule has 0 aromatic heterocycles. The van der Waals surface area contributed by atoms with Gasteiger partial charge >= 0.3 is 0 Å². The van der Waals surface area contributed by atoms with Gasteiger partial charge in [-0.2, -0.15) is 0 Å². The quantitative estimate of drug-likeness (QED) is 0.785. The third-order valence-corrected chi connectivity index (χ3v) is 6.21. The van der Waals surface area contributed by atoms with Crippen LogP contribution in [0.3, 0.4) is 0 Å². The van der Waals surface area contributed by atoms with Gasteiger partial charge in [0.1, 0.15) is 0 Å². The van der Waals surface area contributed by atoms with Crippen LogP contribution in [0.1, 0.15) is 27.2 Å². The molecule has 154 valence electrons. The number of carbonyl (C=O) groups is 2. The van der Waals surface area contributed by atoms with Crippen molar-refractivity contribution in [2.24, 2.45) is 5.92 Å². The van der Waals surface area contributed by atoms with E-state index in [1.54, 1.807) is 37.8 Å². The number of hydrogen-bond donors (Lipinski definition) is 2. The number of amides is 2. The SMILES string of the molecule is CC(C)(C)NS(=O)(=O)c1ccc(NC(=O)C2CC(=O)N(c3ccccc3)C2)cc1. The smallest absolute Gasteiger partial charge is 0.241 e. The highest BCUT2D eigenvalue weighted by molar-refractivity contribution is 7.89. The number of nitrogens with zero attached hydrogens (tertiary/aromatic N) is 1. The van der Waals surface area contributed by atoms with Gasteiger partial charge in [0.25, 0.3) is 0 Å². The minimum absolute atomic E-state index is 0.0916. The molecule has 1 fully saturated rings. The predicted octanol–water partition coefficient (Wildman–Crippen LogP) is 2.76. The van der Waals surface area contributed by atoms with Crippen molar-refractivity contribution >= 4 is 33.2 Å². The molecule has 0 bridgehead atoms. The van der Waals surface area contributed by atoms with E-state index in [0.29, 0.717) is 12.2 Å². The monoisotopic (exact) mass is 415 g/mol. The van der Waals surface area contributed by atoms with Crippen molar-refractivity contribution in [3.8, 4) is 0 Å². The number of benzene rings is 2. The van der Waals surface area contributed by atoms with Crippen molar-refractivity contribution in [3.63, 3.8) is 0 Å². The van der Waals surface area contributed by atoms with Crippen LogP contribution in [-0.4, -0.2) is 32.3 Å². The lowest BCUT2D eigenvalue weighted by atomic mass is 10.1. The van der Waals surface area contributed by atoms with E-state index in [4.69, 9.17) is 0 Å². The lowest BCUT2D eigenvalue weighted by molar-refractivity contribution is -0.122. The third kappa shape index (κ3) is 5.21. The molecule has 2 amide bonds. The number of nitrogens with one attached hydrogen (secondary N) is 2. The van der Waals surface area contributed by atoms with Crippen LogP contribution in [0.15, 0.2) is 59.5 Å². The summed E-state index contributed by atoms with van der Waals surface area (Å²) < 4.78 is 27.3. The Bertz CT molecular complexity index is 996. The Morgan fingerprint density at radius 1 is 1.03 bits per heavy atom. The molecule has 1 aliphatic heterocycles. The Hall–Kier alpha value is -2.71. The summed E-state index contributed by atoms with van der Waals surface area (Å²) in [4.78, 5) is 26.6. The molecule has 2 N–H and O–H groups in total. The summed E-state index contributed by atoms with van der Waals surface area (Å²) in [7, 11) is -3.64. The van der Waals surface area contributed by atoms with Crippen LogP contribution in [0.5, 0.6) is 0 Å². The van der Waals surface area contributed by atoms with E-state index in [9.17, 15) is 18.0 Å². The van der Waals surface area contributed by atoms with E-state index in [2.05, 4.69) is 10.0 Å². The van der Waals surface area contributed by atoms with Gasteiger partial charge in [-0.05, 0) is 57.2 Å². The normalized spacial score (nSPS) is 17.4. The maximum atomic E-state index is 12.6. The van der Waals surface area contributed by atoms with E-state index in [-0.39, 0.29) is 23.1 Å². The van der Waals surface area contributed by atoms with Crippen molar-refractivity contribution in [1.82, 2.24) is 4.72 Å². The number of carbonyl (C=O) groups excluding carboxylic acids is 2. The van der Waals surface area contributed by atoms with Crippen molar-refractivity contribution in [2.75, 3.05) is 16.8 Å². The van der Waals surface area contributed by atoms with Crippen molar-refractivity contribution in [2.45, 2.75) is 37.6 Å². The molecular formula is C21H25N3O4S. The standard InChI is InChI=1S/C21H25N3O4S/c1-21(2,3)23-29(27,28)18-11-9-16(10-12-18)22-20(26)15-13-19(25)24(14-15)17-7-5-4-6-8-17/h4-12,15,23H,13-14H2,1-3H3,(H,22,26). The maximum absolute atomic E-state index is 12.6.